The first-order chi connectivity index (χ1) is 15.4. The van der Waals surface area contributed by atoms with Crippen molar-refractivity contribution < 1.29 is 28.2 Å². The summed E-state index contributed by atoms with van der Waals surface area (Å²) in [7, 11) is 1.30. The third-order valence-electron chi connectivity index (χ3n) is 5.23. The van der Waals surface area contributed by atoms with Crippen LogP contribution in [0.4, 0.5) is 8.78 Å². The molecule has 1 fully saturated rings. The average molecular weight is 436 g/mol. The summed E-state index contributed by atoms with van der Waals surface area (Å²) in [6.07, 6.45) is 3.13. The maximum Gasteiger partial charge on any atom is 0.295 e. The van der Waals surface area contributed by atoms with Crippen LogP contribution in [0.3, 0.4) is 0 Å². The van der Waals surface area contributed by atoms with E-state index in [1.54, 1.807) is 24.5 Å². The maximum atomic E-state index is 14.2. The minimum Gasteiger partial charge on any atom is -0.507 e. The summed E-state index contributed by atoms with van der Waals surface area (Å²) >= 11 is 0. The molecule has 1 aromatic heterocycles. The highest BCUT2D eigenvalue weighted by molar-refractivity contribution is 6.46. The summed E-state index contributed by atoms with van der Waals surface area (Å²) in [6.45, 7) is 0.0359. The highest BCUT2D eigenvalue weighted by atomic mass is 19.1. The van der Waals surface area contributed by atoms with Gasteiger partial charge in [0.15, 0.2) is 11.6 Å². The van der Waals surface area contributed by atoms with Gasteiger partial charge in [-0.3, -0.25) is 14.6 Å². The number of amides is 1. The molecule has 1 N–H and O–H groups in total. The number of aliphatic hydroxyl groups excluding tert-OH is 1. The lowest BCUT2D eigenvalue weighted by Gasteiger charge is -2.25. The van der Waals surface area contributed by atoms with Crippen molar-refractivity contribution in [3.8, 4) is 5.75 Å². The van der Waals surface area contributed by atoms with Gasteiger partial charge in [0.25, 0.3) is 11.7 Å². The third-order valence-corrected chi connectivity index (χ3v) is 5.23. The van der Waals surface area contributed by atoms with E-state index in [-0.39, 0.29) is 23.4 Å². The molecule has 0 radical (unpaired) electrons. The Labute approximate surface area is 182 Å². The fourth-order valence-corrected chi connectivity index (χ4v) is 3.69. The number of pyridine rings is 1. The van der Waals surface area contributed by atoms with Crippen LogP contribution in [0.15, 0.2) is 72.6 Å². The minimum absolute atomic E-state index is 0.00906. The van der Waals surface area contributed by atoms with Crippen LogP contribution < -0.4 is 4.74 Å². The first kappa shape index (κ1) is 21.2. The van der Waals surface area contributed by atoms with E-state index in [0.717, 1.165) is 6.07 Å². The molecular weight excluding hydrogens is 418 g/mol. The molecule has 1 unspecified atom stereocenters. The molecule has 32 heavy (non-hydrogen) atoms. The van der Waals surface area contributed by atoms with Crippen molar-refractivity contribution in [3.05, 3.63) is 101 Å². The standard InChI is InChI=1S/C24H18F2N2O4/c1-32-19-9-6-16(11-18(19)26)22(29)20-21(15-4-7-17(25)8-5-15)28(24(31)23(20)30)13-14-3-2-10-27-12-14/h2-12,21,29H,13H2,1H3/b22-20+. The van der Waals surface area contributed by atoms with Gasteiger partial charge in [-0.1, -0.05) is 18.2 Å². The van der Waals surface area contributed by atoms with Crippen LogP contribution in [0.2, 0.25) is 0 Å². The van der Waals surface area contributed by atoms with E-state index in [4.69, 9.17) is 4.74 Å². The fraction of sp³-hybridized carbons (Fsp3) is 0.125. The lowest BCUT2D eigenvalue weighted by molar-refractivity contribution is -0.140. The van der Waals surface area contributed by atoms with Crippen LogP contribution in [0, 0.1) is 11.6 Å². The zero-order chi connectivity index (χ0) is 22.8. The van der Waals surface area contributed by atoms with Gasteiger partial charge < -0.3 is 14.7 Å². The number of nitrogens with zero attached hydrogens (tertiary/aromatic N) is 2. The molecule has 2 heterocycles. The second-order valence-electron chi connectivity index (χ2n) is 7.19. The van der Waals surface area contributed by atoms with E-state index in [1.165, 1.54) is 48.4 Å². The SMILES string of the molecule is COc1ccc(/C(O)=C2\C(=O)C(=O)N(Cc3cccnc3)C2c2ccc(F)cc2)cc1F. The van der Waals surface area contributed by atoms with Gasteiger partial charge in [-0.25, -0.2) is 8.78 Å². The molecule has 0 spiro atoms. The molecule has 1 atom stereocenters. The van der Waals surface area contributed by atoms with Gasteiger partial charge >= 0.3 is 0 Å². The Morgan fingerprint density at radius 1 is 1.12 bits per heavy atom. The number of benzene rings is 2. The van der Waals surface area contributed by atoms with E-state index < -0.39 is 35.1 Å². The van der Waals surface area contributed by atoms with Crippen molar-refractivity contribution in [2.75, 3.05) is 7.11 Å². The Kier molecular flexibility index (Phi) is 5.68. The Morgan fingerprint density at radius 2 is 1.88 bits per heavy atom. The van der Waals surface area contributed by atoms with Crippen molar-refractivity contribution in [2.24, 2.45) is 0 Å². The molecule has 3 aromatic rings. The number of carbonyl (C=O) groups is 2. The molecule has 1 saturated heterocycles. The fourth-order valence-electron chi connectivity index (χ4n) is 3.69. The van der Waals surface area contributed by atoms with E-state index in [1.807, 2.05) is 0 Å². The normalized spacial score (nSPS) is 17.6. The summed E-state index contributed by atoms with van der Waals surface area (Å²) in [6, 6.07) is 11.4. The lowest BCUT2D eigenvalue weighted by Crippen LogP contribution is -2.29. The van der Waals surface area contributed by atoms with Crippen molar-refractivity contribution in [1.29, 1.82) is 0 Å². The van der Waals surface area contributed by atoms with Crippen LogP contribution in [0.25, 0.3) is 5.76 Å². The van der Waals surface area contributed by atoms with E-state index in [2.05, 4.69) is 4.98 Å². The smallest absolute Gasteiger partial charge is 0.295 e. The Morgan fingerprint density at radius 3 is 2.50 bits per heavy atom. The molecule has 8 heteroatoms. The summed E-state index contributed by atoms with van der Waals surface area (Å²) in [4.78, 5) is 31.2. The van der Waals surface area contributed by atoms with Gasteiger partial charge in [0, 0.05) is 24.5 Å². The molecule has 0 saturated carbocycles. The molecule has 6 nitrogen and oxygen atoms in total. The number of aromatic nitrogens is 1. The average Bonchev–Trinajstić information content (AvgIpc) is 3.04. The second kappa shape index (κ2) is 8.58. The monoisotopic (exact) mass is 436 g/mol. The molecular formula is C24H18F2N2O4. The van der Waals surface area contributed by atoms with Crippen molar-refractivity contribution in [1.82, 2.24) is 9.88 Å². The maximum absolute atomic E-state index is 14.2. The lowest BCUT2D eigenvalue weighted by atomic mass is 9.95. The van der Waals surface area contributed by atoms with Gasteiger partial charge in [-0.05, 0) is 47.5 Å². The third kappa shape index (κ3) is 3.82. The number of hydrogen-bond acceptors (Lipinski definition) is 5. The summed E-state index contributed by atoms with van der Waals surface area (Å²) in [5.74, 6) is -3.55. The van der Waals surface area contributed by atoms with Gasteiger partial charge in [-0.15, -0.1) is 0 Å². The van der Waals surface area contributed by atoms with Crippen LogP contribution in [0.1, 0.15) is 22.7 Å². The first-order valence-corrected chi connectivity index (χ1v) is 9.67. The molecule has 162 valence electrons. The second-order valence-corrected chi connectivity index (χ2v) is 7.19. The van der Waals surface area contributed by atoms with Crippen LogP contribution in [-0.4, -0.2) is 33.8 Å². The quantitative estimate of drug-likeness (QED) is 0.372. The molecule has 1 aliphatic rings. The zero-order valence-corrected chi connectivity index (χ0v) is 17.0. The predicted molar refractivity (Wildman–Crippen MR) is 111 cm³/mol. The predicted octanol–water partition coefficient (Wildman–Crippen LogP) is 3.99. The van der Waals surface area contributed by atoms with Gasteiger partial charge in [0.05, 0.1) is 18.7 Å². The highest BCUT2D eigenvalue weighted by Gasteiger charge is 2.46. The number of rotatable bonds is 5. The van der Waals surface area contributed by atoms with Gasteiger partial charge in [0.1, 0.15) is 11.6 Å². The number of methoxy groups -OCH3 is 1. The summed E-state index contributed by atoms with van der Waals surface area (Å²) in [5.41, 5.74) is 0.881. The van der Waals surface area contributed by atoms with Crippen molar-refractivity contribution in [2.45, 2.75) is 12.6 Å². The number of Topliss-reactive ketones (excluding diaryl/α,β-unsaturated/α-hetero) is 1. The van der Waals surface area contributed by atoms with Crippen molar-refractivity contribution in [3.63, 3.8) is 0 Å². The zero-order valence-electron chi connectivity index (χ0n) is 17.0. The highest BCUT2D eigenvalue weighted by Crippen LogP contribution is 2.40. The Bertz CT molecular complexity index is 1210. The number of ether oxygens (including phenoxy) is 1. The first-order valence-electron chi connectivity index (χ1n) is 9.67. The van der Waals surface area contributed by atoms with Gasteiger partial charge in [-0.2, -0.15) is 0 Å². The van der Waals surface area contributed by atoms with Crippen molar-refractivity contribution >= 4 is 17.4 Å². The minimum atomic E-state index is -0.999. The topological polar surface area (TPSA) is 79.7 Å². The molecule has 0 bridgehead atoms. The molecule has 1 aliphatic heterocycles. The number of likely N-dealkylation sites (tertiary alicyclic amines) is 1. The number of ketones is 1. The summed E-state index contributed by atoms with van der Waals surface area (Å²) in [5, 5.41) is 11.0. The number of aliphatic hydroxyl groups is 1. The van der Waals surface area contributed by atoms with Crippen LogP contribution in [0.5, 0.6) is 5.75 Å². The largest absolute Gasteiger partial charge is 0.507 e. The summed E-state index contributed by atoms with van der Waals surface area (Å²) < 4.78 is 32.7. The number of halogens is 2. The molecule has 2 aromatic carbocycles. The number of hydrogen-bond donors (Lipinski definition) is 1. The molecule has 0 aliphatic carbocycles. The Hall–Kier alpha value is -4.07. The molecule has 4 rings (SSSR count). The molecule has 1 amide bonds. The van der Waals surface area contributed by atoms with Crippen LogP contribution in [-0.2, 0) is 16.1 Å². The van der Waals surface area contributed by atoms with E-state index in [9.17, 15) is 23.5 Å². The van der Waals surface area contributed by atoms with Gasteiger partial charge in [0.2, 0.25) is 0 Å². The Balaban J connectivity index is 1.86. The number of carbonyl (C=O) groups excluding carboxylic acids is 2. The van der Waals surface area contributed by atoms with E-state index in [0.29, 0.717) is 11.1 Å². The van der Waals surface area contributed by atoms with E-state index >= 15 is 0 Å². The van der Waals surface area contributed by atoms with Crippen LogP contribution >= 0.6 is 0 Å².